The standard InChI is InChI=1S/C13H13F3N2O.C3H6O2/c1-2-12(17-8-19)6-5-9-7-10(13(14,15)16)3-4-11(9)18-12;1-2-5-3-4/h3-4,7,18H,2,5-6H2,1H3;3H,2H2,1H3. The number of aryl methyl sites for hydroxylation is 1. The number of ether oxygens (including phenoxy) is 1. The maximum Gasteiger partial charge on any atom is 0.416 e. The lowest BCUT2D eigenvalue weighted by atomic mass is 9.90. The summed E-state index contributed by atoms with van der Waals surface area (Å²) in [5, 5.41) is 3.04. The first-order chi connectivity index (χ1) is 11.3. The van der Waals surface area contributed by atoms with Gasteiger partial charge >= 0.3 is 6.18 Å². The Labute approximate surface area is 137 Å². The SMILES string of the molecule is CCC1(N=C=O)CCc2cc(C(F)(F)F)ccc2N1.CCOC=O. The van der Waals surface area contributed by atoms with Gasteiger partial charge < -0.3 is 10.1 Å². The van der Waals surface area contributed by atoms with Crippen LogP contribution in [0.3, 0.4) is 0 Å². The maximum atomic E-state index is 12.6. The molecule has 0 spiro atoms. The number of carbonyl (C=O) groups is 1. The van der Waals surface area contributed by atoms with E-state index in [0.29, 0.717) is 43.6 Å². The summed E-state index contributed by atoms with van der Waals surface area (Å²) in [6.45, 7) is 4.53. The van der Waals surface area contributed by atoms with Crippen molar-refractivity contribution in [1.82, 2.24) is 0 Å². The van der Waals surface area contributed by atoms with Crippen molar-refractivity contribution in [2.45, 2.75) is 44.9 Å². The van der Waals surface area contributed by atoms with Crippen molar-refractivity contribution >= 4 is 18.2 Å². The average molecular weight is 344 g/mol. The summed E-state index contributed by atoms with van der Waals surface area (Å²) in [6.07, 6.45) is -1.31. The molecular weight excluding hydrogens is 325 g/mol. The van der Waals surface area contributed by atoms with Crippen LogP contribution in [-0.2, 0) is 26.9 Å². The molecule has 132 valence electrons. The largest absolute Gasteiger partial charge is 0.468 e. The summed E-state index contributed by atoms with van der Waals surface area (Å²) in [7, 11) is 0. The Kier molecular flexibility index (Phi) is 6.97. The van der Waals surface area contributed by atoms with Crippen LogP contribution >= 0.6 is 0 Å². The van der Waals surface area contributed by atoms with E-state index in [1.54, 1.807) is 6.92 Å². The number of hydrogen-bond acceptors (Lipinski definition) is 5. The van der Waals surface area contributed by atoms with E-state index in [0.717, 1.165) is 12.1 Å². The van der Waals surface area contributed by atoms with Crippen LogP contribution in [0.2, 0.25) is 0 Å². The van der Waals surface area contributed by atoms with Gasteiger partial charge in [0, 0.05) is 5.69 Å². The highest BCUT2D eigenvalue weighted by Gasteiger charge is 2.35. The molecule has 1 aliphatic rings. The van der Waals surface area contributed by atoms with Crippen molar-refractivity contribution < 1.29 is 27.5 Å². The number of anilines is 1. The molecule has 0 amide bonds. The van der Waals surface area contributed by atoms with E-state index >= 15 is 0 Å². The normalized spacial score (nSPS) is 18.9. The summed E-state index contributed by atoms with van der Waals surface area (Å²) < 4.78 is 42.0. The minimum atomic E-state index is -4.34. The lowest BCUT2D eigenvalue weighted by Gasteiger charge is -2.35. The average Bonchev–Trinajstić information content (AvgIpc) is 2.55. The van der Waals surface area contributed by atoms with Crippen molar-refractivity contribution in [2.24, 2.45) is 4.99 Å². The molecule has 0 fully saturated rings. The van der Waals surface area contributed by atoms with Gasteiger partial charge in [0.05, 0.1) is 12.2 Å². The fraction of sp³-hybridized carbons (Fsp3) is 0.500. The zero-order valence-electron chi connectivity index (χ0n) is 13.4. The molecule has 1 aromatic carbocycles. The third kappa shape index (κ3) is 5.09. The van der Waals surface area contributed by atoms with Gasteiger partial charge in [0.2, 0.25) is 6.08 Å². The summed E-state index contributed by atoms with van der Waals surface area (Å²) >= 11 is 0. The van der Waals surface area contributed by atoms with Crippen molar-refractivity contribution in [1.29, 1.82) is 0 Å². The predicted molar refractivity (Wildman–Crippen MR) is 82.2 cm³/mol. The zero-order chi connectivity index (χ0) is 18.2. The second kappa shape index (κ2) is 8.49. The monoisotopic (exact) mass is 344 g/mol. The van der Waals surface area contributed by atoms with Crippen LogP contribution in [0.15, 0.2) is 23.2 Å². The molecule has 2 rings (SSSR count). The van der Waals surface area contributed by atoms with Crippen molar-refractivity contribution in [3.05, 3.63) is 29.3 Å². The van der Waals surface area contributed by atoms with Crippen LogP contribution in [0.1, 0.15) is 37.8 Å². The second-order valence-electron chi connectivity index (χ2n) is 5.13. The highest BCUT2D eigenvalue weighted by Crippen LogP contribution is 2.37. The minimum Gasteiger partial charge on any atom is -0.468 e. The summed E-state index contributed by atoms with van der Waals surface area (Å²) in [6, 6.07) is 3.57. The first-order valence-electron chi connectivity index (χ1n) is 7.44. The van der Waals surface area contributed by atoms with Gasteiger partial charge in [-0.2, -0.15) is 18.2 Å². The summed E-state index contributed by atoms with van der Waals surface area (Å²) in [5.74, 6) is 0. The van der Waals surface area contributed by atoms with Crippen LogP contribution in [0.5, 0.6) is 0 Å². The van der Waals surface area contributed by atoms with Crippen LogP contribution in [-0.4, -0.2) is 24.8 Å². The van der Waals surface area contributed by atoms with Crippen molar-refractivity contribution in [3.8, 4) is 0 Å². The van der Waals surface area contributed by atoms with Gasteiger partial charge in [-0.3, -0.25) is 4.79 Å². The number of isocyanates is 1. The molecule has 1 aromatic rings. The molecule has 0 bridgehead atoms. The Balaban J connectivity index is 0.000000505. The van der Waals surface area contributed by atoms with Gasteiger partial charge in [-0.25, -0.2) is 4.79 Å². The first kappa shape index (κ1) is 19.7. The molecule has 5 nitrogen and oxygen atoms in total. The van der Waals surface area contributed by atoms with E-state index in [9.17, 15) is 22.8 Å². The Hall–Kier alpha value is -2.34. The second-order valence-corrected chi connectivity index (χ2v) is 5.13. The number of halogens is 3. The molecule has 1 heterocycles. The van der Waals surface area contributed by atoms with E-state index in [2.05, 4.69) is 15.0 Å². The first-order valence-corrected chi connectivity index (χ1v) is 7.44. The van der Waals surface area contributed by atoms with Crippen molar-refractivity contribution in [3.63, 3.8) is 0 Å². The quantitative estimate of drug-likeness (QED) is 0.514. The topological polar surface area (TPSA) is 67.8 Å². The Morgan fingerprint density at radius 1 is 1.42 bits per heavy atom. The number of carbonyl (C=O) groups excluding carboxylic acids is 2. The van der Waals surface area contributed by atoms with E-state index in [1.807, 2.05) is 6.92 Å². The number of rotatable bonds is 4. The van der Waals surface area contributed by atoms with Gasteiger partial charge in [-0.1, -0.05) is 6.92 Å². The fourth-order valence-corrected chi connectivity index (χ4v) is 2.34. The number of nitrogens with one attached hydrogen (secondary N) is 1. The van der Waals surface area contributed by atoms with Crippen LogP contribution in [0.25, 0.3) is 0 Å². The molecule has 1 unspecified atom stereocenters. The molecule has 1 N–H and O–H groups in total. The molecular formula is C16H19F3N2O3. The van der Waals surface area contributed by atoms with Gasteiger partial charge in [0.15, 0.2) is 0 Å². The van der Waals surface area contributed by atoms with Gasteiger partial charge in [-0.15, -0.1) is 0 Å². The number of benzene rings is 1. The van der Waals surface area contributed by atoms with E-state index in [1.165, 1.54) is 12.1 Å². The van der Waals surface area contributed by atoms with Gasteiger partial charge in [0.25, 0.3) is 6.47 Å². The minimum absolute atomic E-state index is 0.431. The van der Waals surface area contributed by atoms with Crippen LogP contribution < -0.4 is 5.32 Å². The Morgan fingerprint density at radius 2 is 2.12 bits per heavy atom. The number of hydrogen-bond donors (Lipinski definition) is 1. The summed E-state index contributed by atoms with van der Waals surface area (Å²) in [5.41, 5.74) is -0.204. The highest BCUT2D eigenvalue weighted by atomic mass is 19.4. The Morgan fingerprint density at radius 3 is 2.58 bits per heavy atom. The molecule has 0 saturated carbocycles. The summed E-state index contributed by atoms with van der Waals surface area (Å²) in [4.78, 5) is 23.4. The fourth-order valence-electron chi connectivity index (χ4n) is 2.34. The predicted octanol–water partition coefficient (Wildman–Crippen LogP) is 3.68. The van der Waals surface area contributed by atoms with Crippen LogP contribution in [0, 0.1) is 0 Å². The van der Waals surface area contributed by atoms with Crippen LogP contribution in [0.4, 0.5) is 18.9 Å². The number of fused-ring (bicyclic) bond motifs is 1. The Bertz CT molecular complexity index is 613. The smallest absolute Gasteiger partial charge is 0.416 e. The number of nitrogens with zero attached hydrogens (tertiary/aromatic N) is 1. The van der Waals surface area contributed by atoms with E-state index in [4.69, 9.17) is 0 Å². The third-order valence-electron chi connectivity index (χ3n) is 3.69. The molecule has 0 aliphatic carbocycles. The molecule has 0 aromatic heterocycles. The molecule has 1 atom stereocenters. The highest BCUT2D eigenvalue weighted by molar-refractivity contribution is 5.57. The third-order valence-corrected chi connectivity index (χ3v) is 3.69. The maximum absolute atomic E-state index is 12.6. The lowest BCUT2D eigenvalue weighted by molar-refractivity contribution is -0.137. The van der Waals surface area contributed by atoms with E-state index in [-0.39, 0.29) is 0 Å². The van der Waals surface area contributed by atoms with Gasteiger partial charge in [0.1, 0.15) is 5.66 Å². The van der Waals surface area contributed by atoms with Gasteiger partial charge in [-0.05, 0) is 49.9 Å². The number of aliphatic imine (C=N–C) groups is 1. The zero-order valence-corrected chi connectivity index (χ0v) is 13.4. The molecule has 24 heavy (non-hydrogen) atoms. The number of alkyl halides is 3. The lowest BCUT2D eigenvalue weighted by Crippen LogP contribution is -2.39. The van der Waals surface area contributed by atoms with E-state index < -0.39 is 17.4 Å². The molecule has 0 saturated heterocycles. The molecule has 1 aliphatic heterocycles. The van der Waals surface area contributed by atoms with Crippen molar-refractivity contribution in [2.75, 3.05) is 11.9 Å². The molecule has 0 radical (unpaired) electrons. The molecule has 8 heteroatoms.